The smallest absolute Gasteiger partial charge is 0.0743 e. The van der Waals surface area contributed by atoms with Crippen LogP contribution in [0.5, 0.6) is 0 Å². The van der Waals surface area contributed by atoms with Gasteiger partial charge in [-0.05, 0) is 11.6 Å². The summed E-state index contributed by atoms with van der Waals surface area (Å²) in [5, 5.41) is 11.2. The number of rotatable bonds is 2. The summed E-state index contributed by atoms with van der Waals surface area (Å²) in [7, 11) is 0. The molecule has 1 radical (unpaired) electrons. The first-order valence-corrected chi connectivity index (χ1v) is 3.25. The Hall–Kier alpha value is -1.35. The topological polar surface area (TPSA) is 58.6 Å². The van der Waals surface area contributed by atoms with Gasteiger partial charge in [-0.2, -0.15) is 0 Å². The van der Waals surface area contributed by atoms with Gasteiger partial charge in [0.1, 0.15) is 0 Å². The normalized spacial score (nSPS) is 10.6. The molecule has 0 aliphatic rings. The molecule has 0 heterocycles. The van der Waals surface area contributed by atoms with Crippen LogP contribution >= 0.6 is 0 Å². The van der Waals surface area contributed by atoms with Gasteiger partial charge in [0.15, 0.2) is 0 Å². The molecule has 0 saturated carbocycles. The van der Waals surface area contributed by atoms with E-state index in [-0.39, 0.29) is 0 Å². The molecule has 0 aromatic heterocycles. The summed E-state index contributed by atoms with van der Waals surface area (Å²) in [6.07, 6.45) is 1.32. The van der Waals surface area contributed by atoms with Gasteiger partial charge in [-0.3, -0.25) is 0 Å². The van der Waals surface area contributed by atoms with Crippen molar-refractivity contribution in [3.63, 3.8) is 0 Å². The Morgan fingerprint density at radius 1 is 1.73 bits per heavy atom. The standard InChI is InChI=1S/C8H9N2O/c9-5-7-3-1-2-4-8(7)6-10-11/h1-3,6,11H,5,9H2. The highest BCUT2D eigenvalue weighted by molar-refractivity contribution is 5.80. The van der Waals surface area contributed by atoms with Crippen LogP contribution in [-0.4, -0.2) is 11.4 Å². The van der Waals surface area contributed by atoms with Crippen molar-refractivity contribution in [2.75, 3.05) is 0 Å². The van der Waals surface area contributed by atoms with E-state index in [4.69, 9.17) is 10.9 Å². The van der Waals surface area contributed by atoms with E-state index < -0.39 is 0 Å². The third-order valence-corrected chi connectivity index (χ3v) is 1.39. The highest BCUT2D eigenvalue weighted by Gasteiger charge is 1.95. The molecule has 0 atom stereocenters. The zero-order valence-electron chi connectivity index (χ0n) is 5.99. The number of oxime groups is 1. The first kappa shape index (κ1) is 7.75. The predicted octanol–water partition coefficient (Wildman–Crippen LogP) is 0.754. The second-order valence-electron chi connectivity index (χ2n) is 2.06. The van der Waals surface area contributed by atoms with E-state index in [0.717, 1.165) is 11.1 Å². The minimum atomic E-state index is 0.429. The maximum atomic E-state index is 8.25. The molecule has 11 heavy (non-hydrogen) atoms. The minimum Gasteiger partial charge on any atom is -0.411 e. The second-order valence-corrected chi connectivity index (χ2v) is 2.06. The molecule has 0 bridgehead atoms. The van der Waals surface area contributed by atoms with Crippen molar-refractivity contribution in [2.24, 2.45) is 10.9 Å². The van der Waals surface area contributed by atoms with Crippen LogP contribution in [0, 0.1) is 6.07 Å². The molecule has 3 N–H and O–H groups in total. The summed E-state index contributed by atoms with van der Waals surface area (Å²) in [6, 6.07) is 8.36. The minimum absolute atomic E-state index is 0.429. The molecule has 57 valence electrons. The van der Waals surface area contributed by atoms with Gasteiger partial charge in [0.25, 0.3) is 0 Å². The van der Waals surface area contributed by atoms with E-state index in [1.165, 1.54) is 6.21 Å². The van der Waals surface area contributed by atoms with E-state index in [2.05, 4.69) is 11.2 Å². The Bertz CT molecular complexity index is 258. The predicted molar refractivity (Wildman–Crippen MR) is 42.5 cm³/mol. The number of nitrogens with zero attached hydrogens (tertiary/aromatic N) is 1. The lowest BCUT2D eigenvalue weighted by molar-refractivity contribution is 0.322. The Kier molecular flexibility index (Phi) is 2.63. The van der Waals surface area contributed by atoms with Gasteiger partial charge >= 0.3 is 0 Å². The quantitative estimate of drug-likeness (QED) is 0.370. The molecule has 1 rings (SSSR count). The number of nitrogens with two attached hydrogens (primary N) is 1. The SMILES string of the molecule is NCc1ccc[c]c1C=NO. The molecule has 0 aliphatic heterocycles. The molecule has 0 fully saturated rings. The van der Waals surface area contributed by atoms with Crippen LogP contribution in [0.25, 0.3) is 0 Å². The second kappa shape index (κ2) is 3.73. The largest absolute Gasteiger partial charge is 0.411 e. The highest BCUT2D eigenvalue weighted by atomic mass is 16.4. The molecule has 0 spiro atoms. The van der Waals surface area contributed by atoms with Crippen LogP contribution < -0.4 is 5.73 Å². The fraction of sp³-hybridized carbons (Fsp3) is 0.125. The summed E-state index contributed by atoms with van der Waals surface area (Å²) < 4.78 is 0. The molecule has 0 unspecified atom stereocenters. The Morgan fingerprint density at radius 3 is 3.18 bits per heavy atom. The Balaban J connectivity index is 3.02. The number of hydrogen-bond donors (Lipinski definition) is 2. The van der Waals surface area contributed by atoms with Crippen LogP contribution in [0.1, 0.15) is 11.1 Å². The first-order valence-electron chi connectivity index (χ1n) is 3.25. The maximum Gasteiger partial charge on any atom is 0.0743 e. The molecule has 0 saturated heterocycles. The molecule has 0 aliphatic carbocycles. The van der Waals surface area contributed by atoms with Crippen molar-refractivity contribution < 1.29 is 5.21 Å². The van der Waals surface area contributed by atoms with Crippen LogP contribution in [0.4, 0.5) is 0 Å². The van der Waals surface area contributed by atoms with Crippen molar-refractivity contribution in [1.29, 1.82) is 0 Å². The van der Waals surface area contributed by atoms with E-state index >= 15 is 0 Å². The average Bonchev–Trinajstić information content (AvgIpc) is 2.06. The first-order chi connectivity index (χ1) is 5.38. The van der Waals surface area contributed by atoms with Crippen LogP contribution in [0.3, 0.4) is 0 Å². The summed E-state index contributed by atoms with van der Waals surface area (Å²) in [6.45, 7) is 0.429. The lowest BCUT2D eigenvalue weighted by Crippen LogP contribution is -2.00. The van der Waals surface area contributed by atoms with Crippen molar-refractivity contribution in [2.45, 2.75) is 6.54 Å². The summed E-state index contributed by atoms with van der Waals surface area (Å²) >= 11 is 0. The molecule has 0 amide bonds. The van der Waals surface area contributed by atoms with Crippen LogP contribution in [0.2, 0.25) is 0 Å². The molecule has 3 nitrogen and oxygen atoms in total. The van der Waals surface area contributed by atoms with Crippen LogP contribution in [0.15, 0.2) is 23.4 Å². The van der Waals surface area contributed by atoms with E-state index in [0.29, 0.717) is 6.54 Å². The number of hydrogen-bond acceptors (Lipinski definition) is 3. The van der Waals surface area contributed by atoms with E-state index in [1.807, 2.05) is 12.1 Å². The molecule has 1 aromatic carbocycles. The lowest BCUT2D eigenvalue weighted by Gasteiger charge is -1.98. The summed E-state index contributed by atoms with van der Waals surface area (Å²) in [4.78, 5) is 0. The van der Waals surface area contributed by atoms with Gasteiger partial charge < -0.3 is 10.9 Å². The average molecular weight is 149 g/mol. The Labute approximate surface area is 65.1 Å². The zero-order valence-corrected chi connectivity index (χ0v) is 5.99. The third kappa shape index (κ3) is 1.78. The fourth-order valence-electron chi connectivity index (χ4n) is 0.841. The summed E-state index contributed by atoms with van der Waals surface area (Å²) in [5.74, 6) is 0. The van der Waals surface area contributed by atoms with Gasteiger partial charge in [-0.1, -0.05) is 23.4 Å². The van der Waals surface area contributed by atoms with Gasteiger partial charge in [0, 0.05) is 12.1 Å². The monoisotopic (exact) mass is 149 g/mol. The fourth-order valence-corrected chi connectivity index (χ4v) is 0.841. The molecule has 3 heteroatoms. The van der Waals surface area contributed by atoms with Crippen molar-refractivity contribution in [1.82, 2.24) is 0 Å². The van der Waals surface area contributed by atoms with Gasteiger partial charge in [-0.15, -0.1) is 0 Å². The van der Waals surface area contributed by atoms with Gasteiger partial charge in [0.05, 0.1) is 6.21 Å². The molecular weight excluding hydrogens is 140 g/mol. The van der Waals surface area contributed by atoms with Crippen molar-refractivity contribution in [3.05, 3.63) is 35.4 Å². The van der Waals surface area contributed by atoms with Crippen LogP contribution in [-0.2, 0) is 6.54 Å². The summed E-state index contributed by atoms with van der Waals surface area (Å²) in [5.41, 5.74) is 7.07. The third-order valence-electron chi connectivity index (χ3n) is 1.39. The van der Waals surface area contributed by atoms with Crippen molar-refractivity contribution in [3.8, 4) is 0 Å². The van der Waals surface area contributed by atoms with Gasteiger partial charge in [-0.25, -0.2) is 0 Å². The molecule has 1 aromatic rings. The molecular formula is C8H9N2O. The zero-order chi connectivity index (χ0) is 8.10. The maximum absolute atomic E-state index is 8.25. The van der Waals surface area contributed by atoms with E-state index in [1.54, 1.807) is 6.07 Å². The van der Waals surface area contributed by atoms with Crippen molar-refractivity contribution >= 4 is 6.21 Å². The van der Waals surface area contributed by atoms with Gasteiger partial charge in [0.2, 0.25) is 0 Å². The Morgan fingerprint density at radius 2 is 2.55 bits per heavy atom. The highest BCUT2D eigenvalue weighted by Crippen LogP contribution is 2.03. The number of benzene rings is 1. The lowest BCUT2D eigenvalue weighted by atomic mass is 10.1. The van der Waals surface area contributed by atoms with E-state index in [9.17, 15) is 0 Å².